The number of para-hydroxylation sites is 2. The topological polar surface area (TPSA) is 95.1 Å². The van der Waals surface area contributed by atoms with Gasteiger partial charge in [0, 0.05) is 48.2 Å². The summed E-state index contributed by atoms with van der Waals surface area (Å²) in [6.07, 6.45) is 1.93. The Morgan fingerprint density at radius 2 is 1.80 bits per heavy atom. The summed E-state index contributed by atoms with van der Waals surface area (Å²) >= 11 is 7.22. The molecule has 0 spiro atoms. The first-order chi connectivity index (χ1) is 19.4. The van der Waals surface area contributed by atoms with Gasteiger partial charge in [-0.3, -0.25) is 14.4 Å². The highest BCUT2D eigenvalue weighted by Crippen LogP contribution is 2.30. The molecular weight excluding hydrogens is 550 g/mol. The molecule has 1 saturated heterocycles. The second-order valence-electron chi connectivity index (χ2n) is 9.81. The van der Waals surface area contributed by atoms with E-state index < -0.39 is 0 Å². The van der Waals surface area contributed by atoms with Crippen LogP contribution in [0.15, 0.2) is 53.9 Å². The van der Waals surface area contributed by atoms with Gasteiger partial charge < -0.3 is 24.8 Å². The maximum atomic E-state index is 13.0. The molecule has 3 aromatic rings. The van der Waals surface area contributed by atoms with Gasteiger partial charge in [0.15, 0.2) is 5.13 Å². The Kier molecular flexibility index (Phi) is 8.86. The number of thiazole rings is 1. The lowest BCUT2D eigenvalue weighted by Gasteiger charge is -2.36. The molecule has 3 amide bonds. The predicted molar refractivity (Wildman–Crippen MR) is 156 cm³/mol. The van der Waals surface area contributed by atoms with Crippen molar-refractivity contribution in [2.24, 2.45) is 0 Å². The molecule has 1 aliphatic carbocycles. The monoisotopic (exact) mass is 581 g/mol. The Morgan fingerprint density at radius 1 is 1.07 bits per heavy atom. The molecule has 1 aliphatic heterocycles. The molecule has 9 nitrogen and oxygen atoms in total. The van der Waals surface area contributed by atoms with Gasteiger partial charge in [-0.25, -0.2) is 4.98 Å². The number of piperazine rings is 1. The van der Waals surface area contributed by atoms with Crippen molar-refractivity contribution >= 4 is 51.5 Å². The average Bonchev–Trinajstić information content (AvgIpc) is 3.72. The summed E-state index contributed by atoms with van der Waals surface area (Å²) in [5.41, 5.74) is 2.16. The summed E-state index contributed by atoms with van der Waals surface area (Å²) < 4.78 is 5.76. The molecule has 0 atom stereocenters. The lowest BCUT2D eigenvalue weighted by atomic mass is 10.2. The highest BCUT2D eigenvalue weighted by molar-refractivity contribution is 7.13. The van der Waals surface area contributed by atoms with E-state index in [0.29, 0.717) is 41.1 Å². The summed E-state index contributed by atoms with van der Waals surface area (Å²) in [5.74, 6) is 0.358. The molecule has 1 saturated carbocycles. The van der Waals surface area contributed by atoms with Crippen LogP contribution in [0.3, 0.4) is 0 Å². The summed E-state index contributed by atoms with van der Waals surface area (Å²) in [5, 5.41) is 5.55. The number of benzene rings is 2. The van der Waals surface area contributed by atoms with Crippen LogP contribution < -0.4 is 15.0 Å². The minimum absolute atomic E-state index is 0.00869. The van der Waals surface area contributed by atoms with E-state index in [1.807, 2.05) is 36.1 Å². The first kappa shape index (κ1) is 27.9. The summed E-state index contributed by atoms with van der Waals surface area (Å²) in [6, 6.07) is 14.7. The quantitative estimate of drug-likeness (QED) is 0.383. The van der Waals surface area contributed by atoms with E-state index in [9.17, 15) is 14.4 Å². The second-order valence-corrected chi connectivity index (χ2v) is 11.1. The van der Waals surface area contributed by atoms with Crippen molar-refractivity contribution in [2.75, 3.05) is 49.5 Å². The number of ether oxygens (including phenoxy) is 1. The minimum Gasteiger partial charge on any atom is -0.492 e. The van der Waals surface area contributed by atoms with Gasteiger partial charge in [-0.05, 0) is 56.2 Å². The molecule has 1 N–H and O–H groups in total. The van der Waals surface area contributed by atoms with Crippen molar-refractivity contribution in [1.29, 1.82) is 0 Å². The Hall–Kier alpha value is -3.63. The number of nitrogens with zero attached hydrogens (tertiary/aromatic N) is 4. The molecule has 5 rings (SSSR count). The van der Waals surface area contributed by atoms with Gasteiger partial charge in [0.25, 0.3) is 5.91 Å². The number of carbonyl (C=O) groups excluding carboxylic acids is 3. The molecule has 2 fully saturated rings. The number of hydrogen-bond donors (Lipinski definition) is 1. The van der Waals surface area contributed by atoms with Crippen LogP contribution >= 0.6 is 22.9 Å². The van der Waals surface area contributed by atoms with E-state index in [0.717, 1.165) is 37.4 Å². The third-order valence-corrected chi connectivity index (χ3v) is 7.98. The summed E-state index contributed by atoms with van der Waals surface area (Å²) in [7, 11) is 0. The largest absolute Gasteiger partial charge is 0.492 e. The number of nitrogens with one attached hydrogen (secondary N) is 1. The Balaban J connectivity index is 1.11. The van der Waals surface area contributed by atoms with Gasteiger partial charge in [-0.15, -0.1) is 11.3 Å². The number of hydrogen-bond acceptors (Lipinski definition) is 7. The zero-order valence-electron chi connectivity index (χ0n) is 22.3. The summed E-state index contributed by atoms with van der Waals surface area (Å²) in [6.45, 7) is 5.19. The maximum absolute atomic E-state index is 13.0. The molecule has 40 heavy (non-hydrogen) atoms. The van der Waals surface area contributed by atoms with Gasteiger partial charge in [-0.1, -0.05) is 23.7 Å². The third kappa shape index (κ3) is 6.92. The fourth-order valence-electron chi connectivity index (χ4n) is 4.73. The van der Waals surface area contributed by atoms with Crippen molar-refractivity contribution in [3.63, 3.8) is 0 Å². The molecule has 0 unspecified atom stereocenters. The first-order valence-electron chi connectivity index (χ1n) is 13.5. The van der Waals surface area contributed by atoms with Crippen LogP contribution in [0.5, 0.6) is 5.75 Å². The molecular formula is C29H32ClN5O4S. The van der Waals surface area contributed by atoms with Gasteiger partial charge >= 0.3 is 0 Å². The maximum Gasteiger partial charge on any atom is 0.254 e. The van der Waals surface area contributed by atoms with E-state index in [-0.39, 0.29) is 36.7 Å². The predicted octanol–water partition coefficient (Wildman–Crippen LogP) is 4.33. The van der Waals surface area contributed by atoms with Crippen LogP contribution in [0.2, 0.25) is 5.02 Å². The van der Waals surface area contributed by atoms with E-state index >= 15 is 0 Å². The molecule has 1 aromatic heterocycles. The molecule has 0 radical (unpaired) electrons. The Bertz CT molecular complexity index is 1350. The van der Waals surface area contributed by atoms with Crippen LogP contribution in [-0.2, 0) is 16.0 Å². The lowest BCUT2D eigenvalue weighted by Crippen LogP contribution is -2.49. The van der Waals surface area contributed by atoms with Crippen LogP contribution in [0.1, 0.15) is 35.8 Å². The van der Waals surface area contributed by atoms with E-state index in [4.69, 9.17) is 16.3 Å². The Labute approximate surface area is 242 Å². The van der Waals surface area contributed by atoms with Gasteiger partial charge in [-0.2, -0.15) is 0 Å². The van der Waals surface area contributed by atoms with Crippen molar-refractivity contribution in [1.82, 2.24) is 14.8 Å². The van der Waals surface area contributed by atoms with E-state index in [2.05, 4.69) is 15.2 Å². The van der Waals surface area contributed by atoms with Crippen LogP contribution in [-0.4, -0.2) is 77.9 Å². The molecule has 210 valence electrons. The highest BCUT2D eigenvalue weighted by Gasteiger charge is 2.34. The molecule has 2 aliphatic rings. The van der Waals surface area contributed by atoms with Crippen LogP contribution in [0.25, 0.3) is 0 Å². The zero-order valence-corrected chi connectivity index (χ0v) is 23.9. The third-order valence-electron chi connectivity index (χ3n) is 6.92. The number of halogens is 1. The first-order valence-corrected chi connectivity index (χ1v) is 14.7. The second kappa shape index (κ2) is 12.7. The van der Waals surface area contributed by atoms with Crippen molar-refractivity contribution in [2.45, 2.75) is 32.2 Å². The number of carbonyl (C=O) groups is 3. The molecule has 2 aromatic carbocycles. The van der Waals surface area contributed by atoms with E-state index in [1.54, 1.807) is 34.5 Å². The van der Waals surface area contributed by atoms with Crippen LogP contribution in [0, 0.1) is 0 Å². The van der Waals surface area contributed by atoms with Crippen molar-refractivity contribution in [3.8, 4) is 5.75 Å². The van der Waals surface area contributed by atoms with Gasteiger partial charge in [0.2, 0.25) is 11.8 Å². The van der Waals surface area contributed by atoms with Crippen molar-refractivity contribution < 1.29 is 19.1 Å². The molecule has 11 heteroatoms. The van der Waals surface area contributed by atoms with Crippen molar-refractivity contribution in [3.05, 3.63) is 70.2 Å². The minimum atomic E-state index is -0.315. The number of anilines is 2. The zero-order chi connectivity index (χ0) is 28.1. The Morgan fingerprint density at radius 3 is 2.50 bits per heavy atom. The van der Waals surface area contributed by atoms with Crippen LogP contribution in [0.4, 0.5) is 10.8 Å². The molecule has 2 heterocycles. The van der Waals surface area contributed by atoms with Gasteiger partial charge in [0.1, 0.15) is 12.3 Å². The van der Waals surface area contributed by atoms with E-state index in [1.165, 1.54) is 11.3 Å². The smallest absolute Gasteiger partial charge is 0.254 e. The van der Waals surface area contributed by atoms with Gasteiger partial charge in [0.05, 0.1) is 24.4 Å². The highest BCUT2D eigenvalue weighted by atomic mass is 35.5. The average molecular weight is 582 g/mol. The summed E-state index contributed by atoms with van der Waals surface area (Å²) in [4.78, 5) is 48.9. The standard InChI is InChI=1S/C29H32ClN5O4S/c1-2-39-25-6-4-3-5-24(25)33-13-15-34(16-14-33)27(37)17-22-19-40-29(31-22)32-26(36)18-35(23-11-12-23)28(38)20-7-9-21(30)10-8-20/h3-10,19,23H,2,11-18H2,1H3,(H,31,32,36). The SMILES string of the molecule is CCOc1ccccc1N1CCN(C(=O)Cc2csc(NC(=O)CN(C(=O)c3ccc(Cl)cc3)C3CC3)n2)CC1. The lowest BCUT2D eigenvalue weighted by molar-refractivity contribution is -0.130. The fourth-order valence-corrected chi connectivity index (χ4v) is 5.58. The fraction of sp³-hybridized carbons (Fsp3) is 0.379. The molecule has 0 bridgehead atoms. The normalized spacial score (nSPS) is 15.1. The number of rotatable bonds is 10. The number of amides is 3. The number of aromatic nitrogens is 1.